The van der Waals surface area contributed by atoms with Crippen molar-refractivity contribution in [2.45, 2.75) is 18.9 Å². The van der Waals surface area contributed by atoms with Gasteiger partial charge in [-0.2, -0.15) is 0 Å². The molecular weight excluding hydrogens is 322 g/mol. The van der Waals surface area contributed by atoms with E-state index in [1.54, 1.807) is 12.7 Å². The van der Waals surface area contributed by atoms with E-state index in [2.05, 4.69) is 79.5 Å². The van der Waals surface area contributed by atoms with E-state index < -0.39 is 0 Å². The molecule has 2 aromatic heterocycles. The summed E-state index contributed by atoms with van der Waals surface area (Å²) in [5.41, 5.74) is 2.89. The summed E-state index contributed by atoms with van der Waals surface area (Å²) in [4.78, 5) is 18.6. The smallest absolute Gasteiger partial charge is 0.162 e. The fraction of sp³-hybridized carbons (Fsp3) is 0.190. The number of aromatic amines is 1. The van der Waals surface area contributed by atoms with Gasteiger partial charge in [0.25, 0.3) is 0 Å². The quantitative estimate of drug-likeness (QED) is 0.607. The van der Waals surface area contributed by atoms with Gasteiger partial charge >= 0.3 is 0 Å². The predicted molar refractivity (Wildman–Crippen MR) is 105 cm³/mol. The number of fused-ring (bicyclic) bond motifs is 2. The van der Waals surface area contributed by atoms with Crippen LogP contribution in [-0.4, -0.2) is 32.5 Å². The summed E-state index contributed by atoms with van der Waals surface area (Å²) < 4.78 is 0. The second-order valence-corrected chi connectivity index (χ2v) is 6.63. The summed E-state index contributed by atoms with van der Waals surface area (Å²) in [6.07, 6.45) is 10.1. The van der Waals surface area contributed by atoms with Gasteiger partial charge in [-0.25, -0.2) is 15.0 Å². The van der Waals surface area contributed by atoms with Gasteiger partial charge in [0.2, 0.25) is 0 Å². The van der Waals surface area contributed by atoms with Crippen LogP contribution >= 0.6 is 0 Å². The molecular formula is C21H19N5. The summed E-state index contributed by atoms with van der Waals surface area (Å²) in [5.74, 6) is 0.918. The molecule has 1 aliphatic heterocycles. The van der Waals surface area contributed by atoms with Crippen molar-refractivity contribution in [3.63, 3.8) is 0 Å². The predicted octanol–water partition coefficient (Wildman–Crippen LogP) is 4.19. The molecule has 0 aliphatic carbocycles. The van der Waals surface area contributed by atoms with Crippen LogP contribution in [0.25, 0.3) is 28.0 Å². The van der Waals surface area contributed by atoms with E-state index in [0.717, 1.165) is 36.4 Å². The van der Waals surface area contributed by atoms with Gasteiger partial charge in [-0.05, 0) is 29.2 Å². The molecule has 0 saturated carbocycles. The van der Waals surface area contributed by atoms with Gasteiger partial charge in [0.05, 0.1) is 6.33 Å². The highest BCUT2D eigenvalue weighted by Gasteiger charge is 2.26. The molecule has 0 spiro atoms. The molecule has 5 rings (SSSR count). The van der Waals surface area contributed by atoms with Gasteiger partial charge < -0.3 is 9.88 Å². The molecule has 3 heterocycles. The van der Waals surface area contributed by atoms with Crippen LogP contribution in [0.1, 0.15) is 18.4 Å². The Morgan fingerprint density at radius 2 is 1.96 bits per heavy atom. The first-order valence-electron chi connectivity index (χ1n) is 8.97. The van der Waals surface area contributed by atoms with E-state index in [1.165, 1.54) is 16.3 Å². The Kier molecular flexibility index (Phi) is 3.63. The van der Waals surface area contributed by atoms with Crippen LogP contribution in [0.2, 0.25) is 0 Å². The zero-order valence-corrected chi connectivity index (χ0v) is 14.3. The minimum Gasteiger partial charge on any atom is -0.348 e. The first-order valence-corrected chi connectivity index (χ1v) is 8.97. The van der Waals surface area contributed by atoms with Crippen molar-refractivity contribution >= 4 is 33.8 Å². The summed E-state index contributed by atoms with van der Waals surface area (Å²) >= 11 is 0. The topological polar surface area (TPSA) is 57.7 Å². The molecule has 0 radical (unpaired) electrons. The lowest BCUT2D eigenvalue weighted by Crippen LogP contribution is -2.28. The maximum Gasteiger partial charge on any atom is 0.162 e. The van der Waals surface area contributed by atoms with Crippen molar-refractivity contribution in [1.82, 2.24) is 19.9 Å². The van der Waals surface area contributed by atoms with Gasteiger partial charge in [0.1, 0.15) is 11.8 Å². The number of rotatable bonds is 3. The third-order valence-electron chi connectivity index (χ3n) is 5.09. The van der Waals surface area contributed by atoms with E-state index in [0.29, 0.717) is 6.04 Å². The van der Waals surface area contributed by atoms with Crippen molar-refractivity contribution in [3.05, 3.63) is 66.8 Å². The van der Waals surface area contributed by atoms with E-state index in [1.807, 2.05) is 0 Å². The number of anilines is 1. The minimum atomic E-state index is 0.323. The Morgan fingerprint density at radius 1 is 1.04 bits per heavy atom. The zero-order chi connectivity index (χ0) is 17.3. The molecule has 1 unspecified atom stereocenters. The third-order valence-corrected chi connectivity index (χ3v) is 5.09. The van der Waals surface area contributed by atoms with Crippen LogP contribution in [0.3, 0.4) is 0 Å². The SMILES string of the molecule is C(=CC1CCCN1c1ncnc2[nH]cnc12)c1cccc2ccccc12. The number of hydrogen-bond acceptors (Lipinski definition) is 4. The summed E-state index contributed by atoms with van der Waals surface area (Å²) in [6, 6.07) is 15.3. The molecule has 1 N–H and O–H groups in total. The lowest BCUT2D eigenvalue weighted by Gasteiger charge is -2.23. The van der Waals surface area contributed by atoms with Crippen LogP contribution in [0, 0.1) is 0 Å². The molecule has 1 saturated heterocycles. The Hall–Kier alpha value is -3.21. The molecule has 5 nitrogen and oxygen atoms in total. The Labute approximate surface area is 151 Å². The summed E-state index contributed by atoms with van der Waals surface area (Å²) in [6.45, 7) is 0.990. The van der Waals surface area contributed by atoms with Gasteiger partial charge in [-0.3, -0.25) is 0 Å². The molecule has 1 aliphatic rings. The van der Waals surface area contributed by atoms with Crippen molar-refractivity contribution in [2.75, 3.05) is 11.4 Å². The number of aromatic nitrogens is 4. The molecule has 1 fully saturated rings. The van der Waals surface area contributed by atoms with Gasteiger partial charge in [-0.1, -0.05) is 54.6 Å². The summed E-state index contributed by atoms with van der Waals surface area (Å²) in [7, 11) is 0. The molecule has 5 heteroatoms. The van der Waals surface area contributed by atoms with Crippen LogP contribution < -0.4 is 4.90 Å². The van der Waals surface area contributed by atoms with E-state index in [-0.39, 0.29) is 0 Å². The van der Waals surface area contributed by atoms with Crippen LogP contribution in [0.4, 0.5) is 5.82 Å². The standard InChI is InChI=1S/C21H19N5/c1-2-9-18-15(5-1)6-3-7-16(18)10-11-17-8-4-12-26(17)21-19-20(23-13-22-19)24-14-25-21/h1-3,5-7,9-11,13-14,17H,4,8,12H2,(H,22,23,24,25). The maximum absolute atomic E-state index is 4.51. The van der Waals surface area contributed by atoms with E-state index in [9.17, 15) is 0 Å². The Bertz CT molecular complexity index is 1090. The van der Waals surface area contributed by atoms with Crippen molar-refractivity contribution in [2.24, 2.45) is 0 Å². The second-order valence-electron chi connectivity index (χ2n) is 6.63. The number of imidazole rings is 1. The van der Waals surface area contributed by atoms with Crippen LogP contribution in [0.15, 0.2) is 61.2 Å². The highest BCUT2D eigenvalue weighted by atomic mass is 15.2. The molecule has 4 aromatic rings. The first kappa shape index (κ1) is 15.1. The minimum absolute atomic E-state index is 0.323. The van der Waals surface area contributed by atoms with Gasteiger partial charge in [0.15, 0.2) is 11.5 Å². The largest absolute Gasteiger partial charge is 0.348 e. The molecule has 128 valence electrons. The molecule has 2 aromatic carbocycles. The number of hydrogen-bond donors (Lipinski definition) is 1. The fourth-order valence-corrected chi connectivity index (χ4v) is 3.83. The highest BCUT2D eigenvalue weighted by Crippen LogP contribution is 2.29. The molecule has 1 atom stereocenters. The van der Waals surface area contributed by atoms with Gasteiger partial charge in [0, 0.05) is 12.6 Å². The van der Waals surface area contributed by atoms with E-state index in [4.69, 9.17) is 0 Å². The van der Waals surface area contributed by atoms with Gasteiger partial charge in [-0.15, -0.1) is 0 Å². The number of H-pyrrole nitrogens is 1. The maximum atomic E-state index is 4.51. The molecule has 0 amide bonds. The molecule has 0 bridgehead atoms. The monoisotopic (exact) mass is 341 g/mol. The van der Waals surface area contributed by atoms with Crippen molar-refractivity contribution in [1.29, 1.82) is 0 Å². The average Bonchev–Trinajstić information content (AvgIpc) is 3.35. The lowest BCUT2D eigenvalue weighted by molar-refractivity contribution is 0.799. The highest BCUT2D eigenvalue weighted by molar-refractivity contribution is 5.90. The Balaban J connectivity index is 1.49. The summed E-state index contributed by atoms with van der Waals surface area (Å²) in [5, 5.41) is 2.56. The van der Waals surface area contributed by atoms with E-state index >= 15 is 0 Å². The first-order chi connectivity index (χ1) is 12.9. The zero-order valence-electron chi connectivity index (χ0n) is 14.3. The fourth-order valence-electron chi connectivity index (χ4n) is 3.83. The number of nitrogens with zero attached hydrogens (tertiary/aromatic N) is 4. The van der Waals surface area contributed by atoms with Crippen LogP contribution in [-0.2, 0) is 0 Å². The lowest BCUT2D eigenvalue weighted by atomic mass is 10.0. The van der Waals surface area contributed by atoms with Crippen molar-refractivity contribution < 1.29 is 0 Å². The van der Waals surface area contributed by atoms with Crippen LogP contribution in [0.5, 0.6) is 0 Å². The normalized spacial score (nSPS) is 17.7. The van der Waals surface area contributed by atoms with Crippen molar-refractivity contribution in [3.8, 4) is 0 Å². The Morgan fingerprint density at radius 3 is 2.96 bits per heavy atom. The second kappa shape index (κ2) is 6.26. The number of nitrogens with one attached hydrogen (secondary N) is 1. The number of benzene rings is 2. The third kappa shape index (κ3) is 2.52. The average molecular weight is 341 g/mol. The molecule has 26 heavy (non-hydrogen) atoms.